The van der Waals surface area contributed by atoms with E-state index in [1.54, 1.807) is 42.5 Å². The molecular formula is C23H19N3O5. The first-order valence-electron chi connectivity index (χ1n) is 9.28. The quantitative estimate of drug-likeness (QED) is 0.286. The SMILES string of the molecule is COc1cc(/C=N\OCc2cccc([N+](=O)[O-])c2)ccc1OCc1ccccc1C#N. The van der Waals surface area contributed by atoms with Gasteiger partial charge in [-0.25, -0.2) is 0 Å². The zero-order valence-corrected chi connectivity index (χ0v) is 16.7. The van der Waals surface area contributed by atoms with Crippen LogP contribution in [0.25, 0.3) is 0 Å². The van der Waals surface area contributed by atoms with Gasteiger partial charge in [-0.1, -0.05) is 35.5 Å². The first kappa shape index (κ1) is 21.3. The molecule has 3 rings (SSSR count). The van der Waals surface area contributed by atoms with Crippen molar-refractivity contribution in [3.05, 3.63) is 99.1 Å². The van der Waals surface area contributed by atoms with Gasteiger partial charge in [-0.15, -0.1) is 0 Å². The number of benzene rings is 3. The van der Waals surface area contributed by atoms with E-state index in [-0.39, 0.29) is 18.9 Å². The summed E-state index contributed by atoms with van der Waals surface area (Å²) in [6.45, 7) is 0.342. The van der Waals surface area contributed by atoms with Crippen molar-refractivity contribution in [2.45, 2.75) is 13.2 Å². The van der Waals surface area contributed by atoms with Crippen molar-refractivity contribution in [1.29, 1.82) is 5.26 Å². The van der Waals surface area contributed by atoms with Gasteiger partial charge in [0.05, 0.1) is 29.9 Å². The van der Waals surface area contributed by atoms with Gasteiger partial charge in [-0.05, 0) is 29.8 Å². The molecule has 0 saturated carbocycles. The predicted molar refractivity (Wildman–Crippen MR) is 114 cm³/mol. The van der Waals surface area contributed by atoms with Crippen molar-refractivity contribution in [2.75, 3.05) is 7.11 Å². The van der Waals surface area contributed by atoms with Crippen LogP contribution in [-0.2, 0) is 18.1 Å². The number of non-ortho nitro benzene ring substituents is 1. The number of hydrogen-bond acceptors (Lipinski definition) is 7. The van der Waals surface area contributed by atoms with Crippen LogP contribution in [0.1, 0.15) is 22.3 Å². The minimum Gasteiger partial charge on any atom is -0.493 e. The molecule has 0 aliphatic heterocycles. The highest BCUT2D eigenvalue weighted by atomic mass is 16.6. The Hall–Kier alpha value is -4.38. The molecule has 0 aromatic heterocycles. The van der Waals surface area contributed by atoms with E-state index in [1.165, 1.54) is 25.5 Å². The Kier molecular flexibility index (Phi) is 7.16. The monoisotopic (exact) mass is 417 g/mol. The van der Waals surface area contributed by atoms with Crippen LogP contribution in [0.4, 0.5) is 5.69 Å². The second-order valence-corrected chi connectivity index (χ2v) is 6.40. The second-order valence-electron chi connectivity index (χ2n) is 6.40. The van der Waals surface area contributed by atoms with Gasteiger partial charge < -0.3 is 14.3 Å². The molecule has 0 spiro atoms. The molecule has 0 aliphatic carbocycles. The van der Waals surface area contributed by atoms with E-state index in [1.807, 2.05) is 12.1 Å². The Morgan fingerprint density at radius 2 is 1.90 bits per heavy atom. The number of methoxy groups -OCH3 is 1. The molecule has 3 aromatic rings. The molecule has 0 saturated heterocycles. The van der Waals surface area contributed by atoms with Gasteiger partial charge in [-0.3, -0.25) is 10.1 Å². The average Bonchev–Trinajstić information content (AvgIpc) is 2.81. The molecule has 0 atom stereocenters. The standard InChI is InChI=1S/C23H19N3O5/c1-29-23-12-17(14-25-31-15-18-5-4-8-21(11-18)26(27)28)9-10-22(23)30-16-20-7-3-2-6-19(20)13-24/h2-12,14H,15-16H2,1H3/b25-14-. The van der Waals surface area contributed by atoms with E-state index in [2.05, 4.69) is 11.2 Å². The summed E-state index contributed by atoms with van der Waals surface area (Å²) in [7, 11) is 1.53. The summed E-state index contributed by atoms with van der Waals surface area (Å²) in [5.74, 6) is 1.04. The number of nitrogens with zero attached hydrogens (tertiary/aromatic N) is 3. The minimum atomic E-state index is -0.457. The molecule has 0 heterocycles. The van der Waals surface area contributed by atoms with Gasteiger partial charge in [0.2, 0.25) is 0 Å². The maximum atomic E-state index is 10.8. The maximum Gasteiger partial charge on any atom is 0.269 e. The maximum absolute atomic E-state index is 10.8. The normalized spacial score (nSPS) is 10.5. The summed E-state index contributed by atoms with van der Waals surface area (Å²) in [5, 5.41) is 23.9. The van der Waals surface area contributed by atoms with Crippen LogP contribution >= 0.6 is 0 Å². The van der Waals surface area contributed by atoms with Gasteiger partial charge in [-0.2, -0.15) is 5.26 Å². The molecule has 0 amide bonds. The van der Waals surface area contributed by atoms with Gasteiger partial charge in [0.15, 0.2) is 11.5 Å². The van der Waals surface area contributed by atoms with Crippen LogP contribution in [0.3, 0.4) is 0 Å². The lowest BCUT2D eigenvalue weighted by molar-refractivity contribution is -0.384. The second kappa shape index (κ2) is 10.4. The molecule has 31 heavy (non-hydrogen) atoms. The smallest absolute Gasteiger partial charge is 0.269 e. The average molecular weight is 417 g/mol. The lowest BCUT2D eigenvalue weighted by atomic mass is 10.1. The van der Waals surface area contributed by atoms with E-state index < -0.39 is 4.92 Å². The van der Waals surface area contributed by atoms with Gasteiger partial charge in [0.25, 0.3) is 5.69 Å². The first-order chi connectivity index (χ1) is 15.1. The van der Waals surface area contributed by atoms with Crippen LogP contribution in [-0.4, -0.2) is 18.2 Å². The molecule has 3 aromatic carbocycles. The topological polar surface area (TPSA) is 107 Å². The number of rotatable bonds is 9. The lowest BCUT2D eigenvalue weighted by Crippen LogP contribution is -2.00. The molecule has 0 bridgehead atoms. The fraction of sp³-hybridized carbons (Fsp3) is 0.130. The summed E-state index contributed by atoms with van der Waals surface area (Å²) < 4.78 is 11.2. The highest BCUT2D eigenvalue weighted by Gasteiger charge is 2.08. The Labute approximate surface area is 179 Å². The number of nitro groups is 1. The van der Waals surface area contributed by atoms with Crippen molar-refractivity contribution < 1.29 is 19.2 Å². The molecule has 0 radical (unpaired) electrons. The number of nitriles is 1. The van der Waals surface area contributed by atoms with E-state index in [0.29, 0.717) is 22.6 Å². The van der Waals surface area contributed by atoms with Crippen LogP contribution < -0.4 is 9.47 Å². The molecule has 0 unspecified atom stereocenters. The molecular weight excluding hydrogens is 398 g/mol. The van der Waals surface area contributed by atoms with Crippen molar-refractivity contribution in [1.82, 2.24) is 0 Å². The van der Waals surface area contributed by atoms with Gasteiger partial charge in [0.1, 0.15) is 13.2 Å². The van der Waals surface area contributed by atoms with Gasteiger partial charge in [0, 0.05) is 23.3 Å². The Bertz CT molecular complexity index is 1140. The summed E-state index contributed by atoms with van der Waals surface area (Å²) in [4.78, 5) is 15.6. The van der Waals surface area contributed by atoms with Crippen molar-refractivity contribution in [2.24, 2.45) is 5.16 Å². The fourth-order valence-electron chi connectivity index (χ4n) is 2.76. The van der Waals surface area contributed by atoms with Crippen molar-refractivity contribution in [3.8, 4) is 17.6 Å². The zero-order valence-electron chi connectivity index (χ0n) is 16.7. The zero-order chi connectivity index (χ0) is 22.1. The number of oxime groups is 1. The molecule has 0 fully saturated rings. The number of nitro benzene ring substituents is 1. The van der Waals surface area contributed by atoms with E-state index in [0.717, 1.165) is 11.1 Å². The molecule has 0 N–H and O–H groups in total. The largest absolute Gasteiger partial charge is 0.493 e. The highest BCUT2D eigenvalue weighted by Crippen LogP contribution is 2.28. The predicted octanol–water partition coefficient (Wildman–Crippen LogP) is 4.60. The van der Waals surface area contributed by atoms with E-state index in [9.17, 15) is 15.4 Å². The lowest BCUT2D eigenvalue weighted by Gasteiger charge is -2.12. The third kappa shape index (κ3) is 5.81. The van der Waals surface area contributed by atoms with Crippen molar-refractivity contribution >= 4 is 11.9 Å². The van der Waals surface area contributed by atoms with E-state index in [4.69, 9.17) is 14.3 Å². The van der Waals surface area contributed by atoms with E-state index >= 15 is 0 Å². The first-order valence-corrected chi connectivity index (χ1v) is 9.28. The Morgan fingerprint density at radius 1 is 1.06 bits per heavy atom. The molecule has 8 nitrogen and oxygen atoms in total. The highest BCUT2D eigenvalue weighted by molar-refractivity contribution is 5.80. The molecule has 156 valence electrons. The summed E-state index contributed by atoms with van der Waals surface area (Å²) in [5.41, 5.74) is 2.71. The van der Waals surface area contributed by atoms with Crippen LogP contribution in [0, 0.1) is 21.4 Å². The van der Waals surface area contributed by atoms with Crippen LogP contribution in [0.5, 0.6) is 11.5 Å². The number of ether oxygens (including phenoxy) is 2. The third-order valence-electron chi connectivity index (χ3n) is 4.34. The van der Waals surface area contributed by atoms with Gasteiger partial charge >= 0.3 is 0 Å². The minimum absolute atomic E-state index is 0.00259. The molecule has 0 aliphatic rings. The summed E-state index contributed by atoms with van der Waals surface area (Å²) in [6.07, 6.45) is 1.51. The summed E-state index contributed by atoms with van der Waals surface area (Å²) >= 11 is 0. The van der Waals surface area contributed by atoms with Crippen LogP contribution in [0.2, 0.25) is 0 Å². The molecule has 8 heteroatoms. The third-order valence-corrected chi connectivity index (χ3v) is 4.34. The Balaban J connectivity index is 1.61. The summed E-state index contributed by atoms with van der Waals surface area (Å²) in [6, 6.07) is 20.8. The Morgan fingerprint density at radius 3 is 2.68 bits per heavy atom. The number of hydrogen-bond donors (Lipinski definition) is 0. The van der Waals surface area contributed by atoms with Crippen LogP contribution in [0.15, 0.2) is 71.9 Å². The van der Waals surface area contributed by atoms with Crippen molar-refractivity contribution in [3.63, 3.8) is 0 Å². The fourth-order valence-corrected chi connectivity index (χ4v) is 2.76.